The van der Waals surface area contributed by atoms with Gasteiger partial charge < -0.3 is 15.4 Å². The number of thioether (sulfide) groups is 1. The van der Waals surface area contributed by atoms with Crippen molar-refractivity contribution in [3.05, 3.63) is 65.7 Å². The van der Waals surface area contributed by atoms with E-state index in [2.05, 4.69) is 21.5 Å². The van der Waals surface area contributed by atoms with Crippen LogP contribution in [0.15, 0.2) is 54.6 Å². The van der Waals surface area contributed by atoms with Crippen LogP contribution in [0.4, 0.5) is 15.3 Å². The molecule has 0 aliphatic carbocycles. The zero-order valence-electron chi connectivity index (χ0n) is 20.3. The van der Waals surface area contributed by atoms with E-state index < -0.39 is 28.9 Å². The summed E-state index contributed by atoms with van der Waals surface area (Å²) < 4.78 is 5.25. The lowest BCUT2D eigenvalue weighted by molar-refractivity contribution is -0.123. The molecule has 2 rings (SSSR count). The van der Waals surface area contributed by atoms with Crippen LogP contribution < -0.4 is 21.5 Å². The number of rotatable bonds is 8. The van der Waals surface area contributed by atoms with E-state index in [4.69, 9.17) is 4.74 Å². The zero-order chi connectivity index (χ0) is 25.8. The molecule has 9 nitrogen and oxygen atoms in total. The van der Waals surface area contributed by atoms with Gasteiger partial charge in [0.05, 0.1) is 5.75 Å². The number of hydrazine groups is 1. The molecule has 0 radical (unpaired) electrons. The van der Waals surface area contributed by atoms with Gasteiger partial charge in [-0.1, -0.05) is 67.2 Å². The summed E-state index contributed by atoms with van der Waals surface area (Å²) in [5, 5.41) is 4.70. The standard InChI is InChI=1S/C25H32N4O5S/c1-5-18-13-9-10-14-19(18)26-21(30)16-35-24(33)29-28-22(31)20(15-17-11-7-6-8-12-17)27-23(32)34-25(2,3)4/h6-14,20H,5,15-16H2,1-4H3,(H,26,30)(H,27,32)(H,28,31)(H,29,33)/t20-/m1/s1. The van der Waals surface area contributed by atoms with Gasteiger partial charge in [0.2, 0.25) is 5.91 Å². The molecule has 0 heterocycles. The monoisotopic (exact) mass is 500 g/mol. The summed E-state index contributed by atoms with van der Waals surface area (Å²) in [6, 6.07) is 15.6. The van der Waals surface area contributed by atoms with Gasteiger partial charge in [0, 0.05) is 12.1 Å². The number of aryl methyl sites for hydroxylation is 1. The van der Waals surface area contributed by atoms with E-state index in [-0.39, 0.29) is 18.1 Å². The molecular formula is C25H32N4O5S. The van der Waals surface area contributed by atoms with E-state index in [9.17, 15) is 19.2 Å². The summed E-state index contributed by atoms with van der Waals surface area (Å²) in [5.74, 6) is -1.11. The zero-order valence-corrected chi connectivity index (χ0v) is 21.2. The normalized spacial score (nSPS) is 11.7. The minimum absolute atomic E-state index is 0.136. The van der Waals surface area contributed by atoms with Crippen LogP contribution in [-0.2, 0) is 27.2 Å². The molecule has 0 fully saturated rings. The Morgan fingerprint density at radius 1 is 0.943 bits per heavy atom. The third-order valence-corrected chi connectivity index (χ3v) is 5.36. The van der Waals surface area contributed by atoms with Crippen LogP contribution in [0.5, 0.6) is 0 Å². The minimum Gasteiger partial charge on any atom is -0.444 e. The number of benzene rings is 2. The van der Waals surface area contributed by atoms with E-state index >= 15 is 0 Å². The maximum Gasteiger partial charge on any atom is 0.408 e. The van der Waals surface area contributed by atoms with E-state index in [1.54, 1.807) is 26.8 Å². The molecule has 4 amide bonds. The molecule has 0 aromatic heterocycles. The lowest BCUT2D eigenvalue weighted by atomic mass is 10.1. The van der Waals surface area contributed by atoms with E-state index in [1.807, 2.05) is 55.5 Å². The number of ether oxygens (including phenoxy) is 1. The number of alkyl carbamates (subject to hydrolysis) is 1. The molecule has 0 aliphatic rings. The number of anilines is 1. The average Bonchev–Trinajstić information content (AvgIpc) is 2.80. The van der Waals surface area contributed by atoms with Crippen molar-refractivity contribution in [3.8, 4) is 0 Å². The second kappa shape index (κ2) is 13.4. The number of para-hydroxylation sites is 1. The van der Waals surface area contributed by atoms with Gasteiger partial charge >= 0.3 is 6.09 Å². The van der Waals surface area contributed by atoms with Gasteiger partial charge in [-0.3, -0.25) is 25.2 Å². The second-order valence-corrected chi connectivity index (χ2v) is 9.59. The van der Waals surface area contributed by atoms with Crippen molar-refractivity contribution in [2.45, 2.75) is 52.2 Å². The van der Waals surface area contributed by atoms with E-state index in [1.165, 1.54) is 0 Å². The molecule has 1 atom stereocenters. The molecule has 0 saturated carbocycles. The molecule has 0 aliphatic heterocycles. The molecule has 10 heteroatoms. The Morgan fingerprint density at radius 2 is 1.60 bits per heavy atom. The lowest BCUT2D eigenvalue weighted by Crippen LogP contribution is -2.53. The maximum atomic E-state index is 12.7. The number of hydrogen-bond acceptors (Lipinski definition) is 6. The van der Waals surface area contributed by atoms with Gasteiger partial charge in [-0.25, -0.2) is 4.79 Å². The summed E-state index contributed by atoms with van der Waals surface area (Å²) in [6.45, 7) is 7.13. The van der Waals surface area contributed by atoms with Gasteiger partial charge in [-0.2, -0.15) is 0 Å². The molecule has 4 N–H and O–H groups in total. The van der Waals surface area contributed by atoms with Crippen molar-refractivity contribution < 1.29 is 23.9 Å². The molecule has 2 aromatic rings. The summed E-state index contributed by atoms with van der Waals surface area (Å²) in [6.07, 6.45) is 0.199. The Morgan fingerprint density at radius 3 is 2.26 bits per heavy atom. The number of carbonyl (C=O) groups excluding carboxylic acids is 4. The fourth-order valence-corrected chi connectivity index (χ4v) is 3.47. The van der Waals surface area contributed by atoms with Crippen molar-refractivity contribution in [1.82, 2.24) is 16.2 Å². The second-order valence-electron chi connectivity index (χ2n) is 8.64. The lowest BCUT2D eigenvalue weighted by Gasteiger charge is -2.23. The van der Waals surface area contributed by atoms with E-state index in [0.29, 0.717) is 17.4 Å². The summed E-state index contributed by atoms with van der Waals surface area (Å²) >= 11 is 0.708. The molecule has 0 saturated heterocycles. The fraction of sp³-hybridized carbons (Fsp3) is 0.360. The average molecular weight is 501 g/mol. The number of amides is 4. The highest BCUT2D eigenvalue weighted by atomic mass is 32.2. The number of carbonyl (C=O) groups is 4. The van der Waals surface area contributed by atoms with Gasteiger partial charge in [-0.15, -0.1) is 0 Å². The fourth-order valence-electron chi connectivity index (χ4n) is 3.01. The first-order chi connectivity index (χ1) is 16.6. The summed E-state index contributed by atoms with van der Waals surface area (Å²) in [7, 11) is 0. The molecule has 2 aromatic carbocycles. The first kappa shape index (κ1) is 27.7. The third-order valence-electron chi connectivity index (χ3n) is 4.58. The van der Waals surface area contributed by atoms with Crippen LogP contribution in [0.3, 0.4) is 0 Å². The molecule has 0 unspecified atom stereocenters. The summed E-state index contributed by atoms with van der Waals surface area (Å²) in [5.41, 5.74) is 6.33. The number of nitrogens with one attached hydrogen (secondary N) is 4. The van der Waals surface area contributed by atoms with Crippen LogP contribution in [0.25, 0.3) is 0 Å². The molecular weight excluding hydrogens is 468 g/mol. The SMILES string of the molecule is CCc1ccccc1NC(=O)CSC(=O)NNC(=O)[C@@H](Cc1ccccc1)NC(=O)OC(C)(C)C. The van der Waals surface area contributed by atoms with Gasteiger partial charge in [-0.05, 0) is 44.4 Å². The Bertz CT molecular complexity index is 1020. The Kier molecular flexibility index (Phi) is 10.6. The molecule has 0 spiro atoms. The molecule has 188 valence electrons. The molecule has 0 bridgehead atoms. The Balaban J connectivity index is 1.88. The van der Waals surface area contributed by atoms with Gasteiger partial charge in [0.25, 0.3) is 11.1 Å². The van der Waals surface area contributed by atoms with Gasteiger partial charge in [0.15, 0.2) is 0 Å². The van der Waals surface area contributed by atoms with Crippen LogP contribution in [0.1, 0.15) is 38.8 Å². The predicted octanol–water partition coefficient (Wildman–Crippen LogP) is 3.80. The van der Waals surface area contributed by atoms with E-state index in [0.717, 1.165) is 17.5 Å². The van der Waals surface area contributed by atoms with Crippen molar-refractivity contribution in [2.75, 3.05) is 11.1 Å². The predicted molar refractivity (Wildman–Crippen MR) is 137 cm³/mol. The topological polar surface area (TPSA) is 126 Å². The van der Waals surface area contributed by atoms with Crippen molar-refractivity contribution in [2.24, 2.45) is 0 Å². The highest BCUT2D eigenvalue weighted by Crippen LogP contribution is 2.16. The first-order valence-corrected chi connectivity index (χ1v) is 12.2. The minimum atomic E-state index is -0.994. The van der Waals surface area contributed by atoms with Crippen molar-refractivity contribution in [1.29, 1.82) is 0 Å². The van der Waals surface area contributed by atoms with Crippen LogP contribution in [-0.4, -0.2) is 40.5 Å². The Hall–Kier alpha value is -3.53. The largest absolute Gasteiger partial charge is 0.444 e. The third kappa shape index (κ3) is 10.5. The van der Waals surface area contributed by atoms with Crippen molar-refractivity contribution >= 4 is 40.6 Å². The van der Waals surface area contributed by atoms with Crippen molar-refractivity contribution in [3.63, 3.8) is 0 Å². The summed E-state index contributed by atoms with van der Waals surface area (Å²) in [4.78, 5) is 49.3. The van der Waals surface area contributed by atoms with Crippen LogP contribution in [0.2, 0.25) is 0 Å². The molecule has 35 heavy (non-hydrogen) atoms. The van der Waals surface area contributed by atoms with Gasteiger partial charge in [0.1, 0.15) is 11.6 Å². The highest BCUT2D eigenvalue weighted by molar-refractivity contribution is 8.14. The van der Waals surface area contributed by atoms with Crippen LogP contribution >= 0.6 is 11.8 Å². The first-order valence-electron chi connectivity index (χ1n) is 11.2. The quantitative estimate of drug-likeness (QED) is 0.409. The maximum absolute atomic E-state index is 12.7. The van der Waals surface area contributed by atoms with Crippen LogP contribution in [0, 0.1) is 0 Å². The number of hydrogen-bond donors (Lipinski definition) is 4. The smallest absolute Gasteiger partial charge is 0.408 e. The highest BCUT2D eigenvalue weighted by Gasteiger charge is 2.25. The Labute approximate surface area is 209 Å².